The molecule has 0 saturated heterocycles. The molecule has 1 amide bonds. The van der Waals surface area contributed by atoms with Gasteiger partial charge in [0.2, 0.25) is 0 Å². The maximum atomic E-state index is 12.5. The molecule has 0 atom stereocenters. The third-order valence-electron chi connectivity index (χ3n) is 3.77. The molecule has 1 aromatic heterocycles. The Morgan fingerprint density at radius 3 is 2.78 bits per heavy atom. The normalized spacial score (nSPS) is 10.7. The summed E-state index contributed by atoms with van der Waals surface area (Å²) in [5.41, 5.74) is 2.50. The van der Waals surface area contributed by atoms with Crippen LogP contribution in [0, 0.1) is 0 Å². The summed E-state index contributed by atoms with van der Waals surface area (Å²) in [4.78, 5) is 12.5. The average Bonchev–Trinajstić information content (AvgIpc) is 2.90. The predicted molar refractivity (Wildman–Crippen MR) is 92.1 cm³/mol. The summed E-state index contributed by atoms with van der Waals surface area (Å²) in [7, 11) is 3.53. The summed E-state index contributed by atoms with van der Waals surface area (Å²) in [6, 6.07) is 13.1. The first-order chi connectivity index (χ1) is 11.1. The molecule has 0 unspecified atom stereocenters. The number of ether oxygens (including phenoxy) is 1. The van der Waals surface area contributed by atoms with E-state index in [1.165, 1.54) is 0 Å². The van der Waals surface area contributed by atoms with Crippen molar-refractivity contribution in [2.45, 2.75) is 6.54 Å². The fourth-order valence-corrected chi connectivity index (χ4v) is 2.91. The highest BCUT2D eigenvalue weighted by atomic mass is 35.5. The Morgan fingerprint density at radius 2 is 2.04 bits per heavy atom. The lowest BCUT2D eigenvalue weighted by Gasteiger charge is -2.06. The number of aryl methyl sites for hydroxylation is 1. The van der Waals surface area contributed by atoms with Crippen LogP contribution in [0.2, 0.25) is 5.02 Å². The molecular formula is C18H17ClN2O2. The zero-order valence-electron chi connectivity index (χ0n) is 13.0. The van der Waals surface area contributed by atoms with E-state index in [1.54, 1.807) is 7.11 Å². The molecular weight excluding hydrogens is 312 g/mol. The summed E-state index contributed by atoms with van der Waals surface area (Å²) < 4.78 is 7.28. The van der Waals surface area contributed by atoms with Crippen molar-refractivity contribution < 1.29 is 9.53 Å². The maximum Gasteiger partial charge on any atom is 0.253 e. The Labute approximate surface area is 139 Å². The van der Waals surface area contributed by atoms with Crippen LogP contribution >= 0.6 is 11.6 Å². The van der Waals surface area contributed by atoms with Crippen molar-refractivity contribution in [3.8, 4) is 5.75 Å². The lowest BCUT2D eigenvalue weighted by Crippen LogP contribution is -2.22. The van der Waals surface area contributed by atoms with E-state index in [1.807, 2.05) is 60.3 Å². The van der Waals surface area contributed by atoms with Crippen LogP contribution in [-0.2, 0) is 13.6 Å². The van der Waals surface area contributed by atoms with Gasteiger partial charge in [-0.3, -0.25) is 4.79 Å². The van der Waals surface area contributed by atoms with Gasteiger partial charge in [-0.1, -0.05) is 35.9 Å². The van der Waals surface area contributed by atoms with Gasteiger partial charge in [-0.05, 0) is 23.8 Å². The van der Waals surface area contributed by atoms with Crippen molar-refractivity contribution in [3.63, 3.8) is 0 Å². The minimum atomic E-state index is -0.121. The molecule has 1 heterocycles. The fourth-order valence-electron chi connectivity index (χ4n) is 2.70. The first kappa shape index (κ1) is 15.4. The third-order valence-corrected chi connectivity index (χ3v) is 4.01. The van der Waals surface area contributed by atoms with Gasteiger partial charge < -0.3 is 14.6 Å². The second kappa shape index (κ2) is 6.34. The number of para-hydroxylation sites is 1. The largest absolute Gasteiger partial charge is 0.495 e. The van der Waals surface area contributed by atoms with Crippen molar-refractivity contribution in [3.05, 3.63) is 64.8 Å². The number of hydrogen-bond acceptors (Lipinski definition) is 2. The van der Waals surface area contributed by atoms with Crippen molar-refractivity contribution >= 4 is 28.4 Å². The molecule has 118 valence electrons. The molecule has 3 rings (SSSR count). The SMILES string of the molecule is COc1cccc2c(C(=O)NCc3cccc(Cl)c3)cn(C)c12. The molecule has 0 saturated carbocycles. The Hall–Kier alpha value is -2.46. The average molecular weight is 329 g/mol. The quantitative estimate of drug-likeness (QED) is 0.792. The summed E-state index contributed by atoms with van der Waals surface area (Å²) in [6.45, 7) is 0.430. The van der Waals surface area contributed by atoms with Crippen LogP contribution in [0.15, 0.2) is 48.7 Å². The minimum absolute atomic E-state index is 0.121. The van der Waals surface area contributed by atoms with Gasteiger partial charge in [0, 0.05) is 30.2 Å². The molecule has 4 nitrogen and oxygen atoms in total. The summed E-state index contributed by atoms with van der Waals surface area (Å²) in [6.07, 6.45) is 1.82. The summed E-state index contributed by atoms with van der Waals surface area (Å²) in [5.74, 6) is 0.628. The summed E-state index contributed by atoms with van der Waals surface area (Å²) >= 11 is 5.96. The highest BCUT2D eigenvalue weighted by Crippen LogP contribution is 2.29. The molecule has 2 aromatic carbocycles. The number of aromatic nitrogens is 1. The van der Waals surface area contributed by atoms with E-state index in [4.69, 9.17) is 16.3 Å². The highest BCUT2D eigenvalue weighted by molar-refractivity contribution is 6.30. The Bertz CT molecular complexity index is 871. The number of nitrogens with one attached hydrogen (secondary N) is 1. The number of benzene rings is 2. The second-order valence-electron chi connectivity index (χ2n) is 5.32. The van der Waals surface area contributed by atoms with E-state index in [0.717, 1.165) is 22.2 Å². The Kier molecular flexibility index (Phi) is 4.26. The van der Waals surface area contributed by atoms with Crippen molar-refractivity contribution in [2.75, 3.05) is 7.11 Å². The van der Waals surface area contributed by atoms with Gasteiger partial charge in [-0.2, -0.15) is 0 Å². The minimum Gasteiger partial charge on any atom is -0.495 e. The molecule has 1 N–H and O–H groups in total. The molecule has 5 heteroatoms. The predicted octanol–water partition coefficient (Wildman–Crippen LogP) is 3.77. The van der Waals surface area contributed by atoms with Crippen LogP contribution in [0.4, 0.5) is 0 Å². The van der Waals surface area contributed by atoms with Crippen LogP contribution in [0.25, 0.3) is 10.9 Å². The third kappa shape index (κ3) is 3.03. The fraction of sp³-hybridized carbons (Fsp3) is 0.167. The molecule has 0 aliphatic heterocycles. The van der Waals surface area contributed by atoms with Crippen LogP contribution in [0.1, 0.15) is 15.9 Å². The van der Waals surface area contributed by atoms with Gasteiger partial charge in [-0.15, -0.1) is 0 Å². The first-order valence-corrected chi connectivity index (χ1v) is 7.62. The molecule has 0 aliphatic carbocycles. The van der Waals surface area contributed by atoms with Gasteiger partial charge in [0.1, 0.15) is 5.75 Å². The first-order valence-electron chi connectivity index (χ1n) is 7.25. The van der Waals surface area contributed by atoms with E-state index in [9.17, 15) is 4.79 Å². The molecule has 0 fully saturated rings. The van der Waals surface area contributed by atoms with Gasteiger partial charge in [0.15, 0.2) is 0 Å². The molecule has 3 aromatic rings. The van der Waals surface area contributed by atoms with Crippen LogP contribution in [0.5, 0.6) is 5.75 Å². The number of carbonyl (C=O) groups is 1. The van der Waals surface area contributed by atoms with Gasteiger partial charge in [0.25, 0.3) is 5.91 Å². The van der Waals surface area contributed by atoms with Gasteiger partial charge >= 0.3 is 0 Å². The number of methoxy groups -OCH3 is 1. The lowest BCUT2D eigenvalue weighted by molar-refractivity contribution is 0.0952. The van der Waals surface area contributed by atoms with E-state index < -0.39 is 0 Å². The number of rotatable bonds is 4. The monoisotopic (exact) mass is 328 g/mol. The number of halogens is 1. The number of hydrogen-bond donors (Lipinski definition) is 1. The topological polar surface area (TPSA) is 43.3 Å². The molecule has 0 radical (unpaired) electrons. The van der Waals surface area contributed by atoms with Crippen molar-refractivity contribution in [2.24, 2.45) is 7.05 Å². The lowest BCUT2D eigenvalue weighted by atomic mass is 10.1. The number of nitrogens with zero attached hydrogens (tertiary/aromatic N) is 1. The Balaban J connectivity index is 1.87. The number of carbonyl (C=O) groups excluding carboxylic acids is 1. The molecule has 23 heavy (non-hydrogen) atoms. The van der Waals surface area contributed by atoms with E-state index in [0.29, 0.717) is 17.1 Å². The zero-order valence-corrected chi connectivity index (χ0v) is 13.7. The maximum absolute atomic E-state index is 12.5. The van der Waals surface area contributed by atoms with E-state index in [-0.39, 0.29) is 5.91 Å². The molecule has 0 aliphatic rings. The standard InChI is InChI=1S/C18H17ClN2O2/c1-21-11-15(14-7-4-8-16(23-2)17(14)21)18(22)20-10-12-5-3-6-13(19)9-12/h3-9,11H,10H2,1-2H3,(H,20,22). The summed E-state index contributed by atoms with van der Waals surface area (Å²) in [5, 5.41) is 4.46. The van der Waals surface area contributed by atoms with E-state index >= 15 is 0 Å². The van der Waals surface area contributed by atoms with Crippen molar-refractivity contribution in [1.29, 1.82) is 0 Å². The van der Waals surface area contributed by atoms with Crippen LogP contribution < -0.4 is 10.1 Å². The van der Waals surface area contributed by atoms with Crippen LogP contribution in [0.3, 0.4) is 0 Å². The van der Waals surface area contributed by atoms with Gasteiger partial charge in [-0.25, -0.2) is 0 Å². The van der Waals surface area contributed by atoms with Crippen molar-refractivity contribution in [1.82, 2.24) is 9.88 Å². The number of fused-ring (bicyclic) bond motifs is 1. The highest BCUT2D eigenvalue weighted by Gasteiger charge is 2.16. The zero-order chi connectivity index (χ0) is 16.4. The molecule has 0 bridgehead atoms. The van der Waals surface area contributed by atoms with Gasteiger partial charge in [0.05, 0.1) is 18.2 Å². The smallest absolute Gasteiger partial charge is 0.253 e. The second-order valence-corrected chi connectivity index (χ2v) is 5.76. The Morgan fingerprint density at radius 1 is 1.26 bits per heavy atom. The van der Waals surface area contributed by atoms with Crippen LogP contribution in [-0.4, -0.2) is 17.6 Å². The molecule has 0 spiro atoms. The van der Waals surface area contributed by atoms with E-state index in [2.05, 4.69) is 5.32 Å². The number of amides is 1.